The van der Waals surface area contributed by atoms with Crippen LogP contribution in [0.15, 0.2) is 104 Å². The van der Waals surface area contributed by atoms with Gasteiger partial charge in [0, 0.05) is 53.6 Å². The van der Waals surface area contributed by atoms with E-state index in [0.29, 0.717) is 23.5 Å². The highest BCUT2D eigenvalue weighted by molar-refractivity contribution is 5.80. The topological polar surface area (TPSA) is 127 Å². The fraction of sp³-hybridized carbons (Fsp3) is 0.167. The molecule has 0 aliphatic heterocycles. The summed E-state index contributed by atoms with van der Waals surface area (Å²) in [7, 11) is 1.50. The smallest absolute Gasteiger partial charge is 0.388 e. The molecule has 252 valence electrons. The second-order valence-corrected chi connectivity index (χ2v) is 9.59. The van der Waals surface area contributed by atoms with Crippen LogP contribution in [0.5, 0.6) is 23.3 Å². The van der Waals surface area contributed by atoms with Gasteiger partial charge in [0.1, 0.15) is 30.4 Å². The van der Waals surface area contributed by atoms with E-state index in [1.807, 2.05) is 79.0 Å². The van der Waals surface area contributed by atoms with E-state index in [2.05, 4.69) is 24.7 Å². The maximum atomic E-state index is 12.2. The first-order valence-electron chi connectivity index (χ1n) is 15.0. The average Bonchev–Trinajstić information content (AvgIpc) is 3.64. The van der Waals surface area contributed by atoms with E-state index in [4.69, 9.17) is 14.2 Å². The lowest BCUT2D eigenvalue weighted by Gasteiger charge is -2.12. The standard InChI is InChI=1S/C19H16N2O3.C15H11F2N3O3.C2H6/c1-23-18-10-16(12-22)17(11-21-18)24-13-15-8-5-9-20-19(15)14-6-3-2-4-7-14;16-15(17)23-13-6-11(8-21)12(7-19-13)22-9-10-2-1-4-20-5-3-18-14(10)20;1-2/h2-12H,13H2,1H3;1-8,15H,9H2;1-2H3. The van der Waals surface area contributed by atoms with Crippen molar-refractivity contribution in [1.82, 2.24) is 24.3 Å². The van der Waals surface area contributed by atoms with Crippen LogP contribution in [0.2, 0.25) is 0 Å². The van der Waals surface area contributed by atoms with Gasteiger partial charge >= 0.3 is 6.61 Å². The van der Waals surface area contributed by atoms with Crippen molar-refractivity contribution in [3.05, 3.63) is 126 Å². The second kappa shape index (κ2) is 18.2. The fourth-order valence-electron chi connectivity index (χ4n) is 4.41. The van der Waals surface area contributed by atoms with Crippen LogP contribution in [0.3, 0.4) is 0 Å². The highest BCUT2D eigenvalue weighted by atomic mass is 19.3. The van der Waals surface area contributed by atoms with Gasteiger partial charge in [0.15, 0.2) is 12.6 Å². The van der Waals surface area contributed by atoms with E-state index >= 15 is 0 Å². The maximum Gasteiger partial charge on any atom is 0.388 e. The molecule has 0 spiro atoms. The largest absolute Gasteiger partial charge is 0.486 e. The Kier molecular flexibility index (Phi) is 13.2. The van der Waals surface area contributed by atoms with Crippen molar-refractivity contribution >= 4 is 18.2 Å². The van der Waals surface area contributed by atoms with Crippen LogP contribution >= 0.6 is 0 Å². The molecule has 13 heteroatoms. The third kappa shape index (κ3) is 9.64. The third-order valence-electron chi connectivity index (χ3n) is 6.62. The van der Waals surface area contributed by atoms with Crippen molar-refractivity contribution in [2.45, 2.75) is 33.7 Å². The number of carbonyl (C=O) groups excluding carboxylic acids is 2. The molecule has 0 N–H and O–H groups in total. The summed E-state index contributed by atoms with van der Waals surface area (Å²) in [4.78, 5) is 38.7. The zero-order valence-corrected chi connectivity index (χ0v) is 26.9. The number of hydrogen-bond acceptors (Lipinski definition) is 10. The molecule has 0 radical (unpaired) electrons. The summed E-state index contributed by atoms with van der Waals surface area (Å²) in [5.74, 6) is 0.615. The number of aromatic nitrogens is 5. The number of pyridine rings is 4. The van der Waals surface area contributed by atoms with E-state index in [1.54, 1.807) is 24.7 Å². The quantitative estimate of drug-likeness (QED) is 0.123. The summed E-state index contributed by atoms with van der Waals surface area (Å²) in [5, 5.41) is 0. The number of alkyl halides is 2. The summed E-state index contributed by atoms with van der Waals surface area (Å²) >= 11 is 0. The number of nitrogens with zero attached hydrogens (tertiary/aromatic N) is 5. The minimum atomic E-state index is -3.01. The molecule has 11 nitrogen and oxygen atoms in total. The number of halogens is 2. The Morgan fingerprint density at radius 2 is 1.37 bits per heavy atom. The van der Waals surface area contributed by atoms with Crippen molar-refractivity contribution in [1.29, 1.82) is 0 Å². The molecule has 0 amide bonds. The highest BCUT2D eigenvalue weighted by Gasteiger charge is 2.13. The zero-order chi connectivity index (χ0) is 35.0. The van der Waals surface area contributed by atoms with Gasteiger partial charge in [0.2, 0.25) is 11.8 Å². The predicted octanol–water partition coefficient (Wildman–Crippen LogP) is 7.29. The lowest BCUT2D eigenvalue weighted by molar-refractivity contribution is -0.0529. The fourth-order valence-corrected chi connectivity index (χ4v) is 4.41. The Bertz CT molecular complexity index is 1960. The van der Waals surface area contributed by atoms with Gasteiger partial charge in [-0.2, -0.15) is 8.78 Å². The third-order valence-corrected chi connectivity index (χ3v) is 6.62. The predicted molar refractivity (Wildman–Crippen MR) is 177 cm³/mol. The minimum absolute atomic E-state index is 0.0749. The Labute approximate surface area is 281 Å². The number of fused-ring (bicyclic) bond motifs is 1. The normalized spacial score (nSPS) is 10.2. The van der Waals surface area contributed by atoms with Crippen LogP contribution in [0.1, 0.15) is 45.7 Å². The number of rotatable bonds is 12. The van der Waals surface area contributed by atoms with Gasteiger partial charge in [-0.05, 0) is 12.1 Å². The van der Waals surface area contributed by atoms with Crippen LogP contribution in [-0.2, 0) is 13.2 Å². The van der Waals surface area contributed by atoms with E-state index in [9.17, 15) is 18.4 Å². The molecule has 0 unspecified atom stereocenters. The lowest BCUT2D eigenvalue weighted by atomic mass is 10.1. The molecule has 0 saturated heterocycles. The van der Waals surface area contributed by atoms with Crippen molar-refractivity contribution in [3.63, 3.8) is 0 Å². The summed E-state index contributed by atoms with van der Waals surface area (Å²) < 4.78 is 46.6. The molecule has 5 heterocycles. The molecular formula is C36H33F2N5O6. The molecular weight excluding hydrogens is 636 g/mol. The first kappa shape index (κ1) is 35.6. The summed E-state index contributed by atoms with van der Waals surface area (Å²) in [6, 6.07) is 20.0. The van der Waals surface area contributed by atoms with E-state index in [-0.39, 0.29) is 30.4 Å². The Hall–Kier alpha value is -6.24. The van der Waals surface area contributed by atoms with Crippen LogP contribution in [0.4, 0.5) is 8.78 Å². The average molecular weight is 670 g/mol. The monoisotopic (exact) mass is 669 g/mol. The minimum Gasteiger partial charge on any atom is -0.486 e. The number of imidazole rings is 1. The molecule has 0 aliphatic carbocycles. The zero-order valence-electron chi connectivity index (χ0n) is 26.9. The maximum absolute atomic E-state index is 12.2. The molecule has 6 rings (SSSR count). The molecule has 0 atom stereocenters. The number of methoxy groups -OCH3 is 1. The molecule has 0 saturated carbocycles. The van der Waals surface area contributed by atoms with Crippen LogP contribution in [0.25, 0.3) is 16.9 Å². The van der Waals surface area contributed by atoms with Gasteiger partial charge in [0.25, 0.3) is 0 Å². The summed E-state index contributed by atoms with van der Waals surface area (Å²) in [6.45, 7) is 1.43. The van der Waals surface area contributed by atoms with E-state index < -0.39 is 6.61 Å². The van der Waals surface area contributed by atoms with E-state index in [0.717, 1.165) is 40.4 Å². The molecule has 0 fully saturated rings. The van der Waals surface area contributed by atoms with Gasteiger partial charge in [0.05, 0.1) is 36.3 Å². The number of carbonyl (C=O) groups is 2. The first-order chi connectivity index (χ1) is 24.0. The molecule has 5 aromatic heterocycles. The Morgan fingerprint density at radius 1 is 0.735 bits per heavy atom. The van der Waals surface area contributed by atoms with Crippen molar-refractivity contribution in [2.75, 3.05) is 7.11 Å². The van der Waals surface area contributed by atoms with Crippen LogP contribution in [-0.4, -0.2) is 50.6 Å². The Balaban J connectivity index is 0.000000210. The Morgan fingerprint density at radius 3 is 2.02 bits per heavy atom. The van der Waals surface area contributed by atoms with Crippen LogP contribution in [0, 0.1) is 0 Å². The second-order valence-electron chi connectivity index (χ2n) is 9.59. The SMILES string of the molecule is CC.COc1cc(C=O)c(OCc2cccnc2-c2ccccc2)cn1.O=Cc1cc(OC(F)F)ncc1OCc1cccn2ccnc12. The number of aldehydes is 2. The number of hydrogen-bond donors (Lipinski definition) is 0. The van der Waals surface area contributed by atoms with Gasteiger partial charge in [-0.1, -0.05) is 56.3 Å². The van der Waals surface area contributed by atoms with Crippen molar-refractivity contribution < 1.29 is 37.3 Å². The van der Waals surface area contributed by atoms with Crippen molar-refractivity contribution in [3.8, 4) is 34.5 Å². The summed E-state index contributed by atoms with van der Waals surface area (Å²) in [6.07, 6.45) is 10.9. The first-order valence-corrected chi connectivity index (χ1v) is 15.0. The molecule has 6 aromatic rings. The van der Waals surface area contributed by atoms with Gasteiger partial charge in [-0.15, -0.1) is 0 Å². The highest BCUT2D eigenvalue weighted by Crippen LogP contribution is 2.25. The molecule has 1 aromatic carbocycles. The van der Waals surface area contributed by atoms with E-state index in [1.165, 1.54) is 19.5 Å². The summed E-state index contributed by atoms with van der Waals surface area (Å²) in [5.41, 5.74) is 4.80. The lowest BCUT2D eigenvalue weighted by Crippen LogP contribution is -2.05. The molecule has 0 aliphatic rings. The van der Waals surface area contributed by atoms with Crippen molar-refractivity contribution in [2.24, 2.45) is 0 Å². The number of benzene rings is 1. The molecule has 0 bridgehead atoms. The van der Waals surface area contributed by atoms with Gasteiger partial charge < -0.3 is 23.3 Å². The molecule has 49 heavy (non-hydrogen) atoms. The van der Waals surface area contributed by atoms with Gasteiger partial charge in [-0.25, -0.2) is 15.0 Å². The van der Waals surface area contributed by atoms with Crippen LogP contribution < -0.4 is 18.9 Å². The van der Waals surface area contributed by atoms with Gasteiger partial charge in [-0.3, -0.25) is 14.6 Å². The number of ether oxygens (including phenoxy) is 4.